The lowest BCUT2D eigenvalue weighted by molar-refractivity contribution is 0.621. The number of pyridine rings is 1. The zero-order chi connectivity index (χ0) is 16.5. The van der Waals surface area contributed by atoms with Crippen molar-refractivity contribution in [3.63, 3.8) is 0 Å². The second-order valence-corrected chi connectivity index (χ2v) is 6.41. The van der Waals surface area contributed by atoms with Crippen molar-refractivity contribution in [2.24, 2.45) is 13.0 Å². The van der Waals surface area contributed by atoms with Crippen LogP contribution in [0.2, 0.25) is 0 Å². The summed E-state index contributed by atoms with van der Waals surface area (Å²) >= 11 is 0. The van der Waals surface area contributed by atoms with Gasteiger partial charge in [0.1, 0.15) is 18.0 Å². The Labute approximate surface area is 140 Å². The van der Waals surface area contributed by atoms with Crippen molar-refractivity contribution in [3.8, 4) is 0 Å². The van der Waals surface area contributed by atoms with Gasteiger partial charge in [0, 0.05) is 32.9 Å². The van der Waals surface area contributed by atoms with Crippen LogP contribution in [-0.2, 0) is 7.05 Å². The Morgan fingerprint density at radius 3 is 2.96 bits per heavy atom. The second kappa shape index (κ2) is 6.07. The van der Waals surface area contributed by atoms with Crippen molar-refractivity contribution >= 4 is 22.7 Å². The van der Waals surface area contributed by atoms with Crippen LogP contribution in [0.25, 0.3) is 11.0 Å². The summed E-state index contributed by atoms with van der Waals surface area (Å²) in [6.45, 7) is 4.97. The van der Waals surface area contributed by atoms with E-state index in [-0.39, 0.29) is 0 Å². The van der Waals surface area contributed by atoms with Crippen molar-refractivity contribution in [2.45, 2.75) is 13.3 Å². The van der Waals surface area contributed by atoms with Gasteiger partial charge in [0.15, 0.2) is 5.65 Å². The molecule has 1 aliphatic heterocycles. The minimum absolute atomic E-state index is 0.579. The summed E-state index contributed by atoms with van der Waals surface area (Å²) in [6.07, 6.45) is 6.52. The monoisotopic (exact) mass is 323 g/mol. The first kappa shape index (κ1) is 14.9. The first-order valence-electron chi connectivity index (χ1n) is 8.25. The van der Waals surface area contributed by atoms with Gasteiger partial charge in [0.05, 0.1) is 11.6 Å². The van der Waals surface area contributed by atoms with Crippen molar-refractivity contribution in [1.29, 1.82) is 0 Å². The summed E-state index contributed by atoms with van der Waals surface area (Å²) in [7, 11) is 1.91. The fourth-order valence-corrected chi connectivity index (χ4v) is 3.21. The molecule has 3 aromatic rings. The number of nitrogens with one attached hydrogen (secondary N) is 1. The van der Waals surface area contributed by atoms with Gasteiger partial charge in [-0.2, -0.15) is 5.10 Å². The molecule has 1 N–H and O–H groups in total. The average molecular weight is 323 g/mol. The molecule has 7 nitrogen and oxygen atoms in total. The molecule has 3 aromatic heterocycles. The average Bonchev–Trinajstić information content (AvgIpc) is 3.22. The Bertz CT molecular complexity index is 840. The molecule has 0 aliphatic carbocycles. The Balaban J connectivity index is 1.43. The minimum atomic E-state index is 0.579. The molecule has 4 heterocycles. The first-order valence-corrected chi connectivity index (χ1v) is 8.25. The van der Waals surface area contributed by atoms with E-state index in [1.54, 1.807) is 11.0 Å². The maximum atomic E-state index is 4.49. The highest BCUT2D eigenvalue weighted by molar-refractivity contribution is 5.86. The van der Waals surface area contributed by atoms with Gasteiger partial charge < -0.3 is 10.2 Å². The van der Waals surface area contributed by atoms with E-state index in [2.05, 4.69) is 36.3 Å². The lowest BCUT2D eigenvalue weighted by atomic mass is 10.1. The van der Waals surface area contributed by atoms with E-state index in [1.807, 2.05) is 32.4 Å². The van der Waals surface area contributed by atoms with Crippen LogP contribution < -0.4 is 10.2 Å². The Morgan fingerprint density at radius 2 is 2.12 bits per heavy atom. The summed E-state index contributed by atoms with van der Waals surface area (Å²) < 4.78 is 1.79. The number of aromatic nitrogens is 5. The van der Waals surface area contributed by atoms with E-state index in [0.717, 1.165) is 48.7 Å². The molecular weight excluding hydrogens is 302 g/mol. The van der Waals surface area contributed by atoms with Gasteiger partial charge in [-0.15, -0.1) is 0 Å². The topological polar surface area (TPSA) is 71.8 Å². The fraction of sp³-hybridized carbons (Fsp3) is 0.412. The maximum Gasteiger partial charge on any atom is 0.163 e. The third-order valence-electron chi connectivity index (χ3n) is 4.58. The fourth-order valence-electron chi connectivity index (χ4n) is 3.21. The Morgan fingerprint density at radius 1 is 1.21 bits per heavy atom. The van der Waals surface area contributed by atoms with E-state index < -0.39 is 0 Å². The SMILES string of the molecule is Cc1ccc(NCC2CCN(c3ncnc4c3cnn4C)C2)nc1. The minimum Gasteiger partial charge on any atom is -0.370 e. The van der Waals surface area contributed by atoms with Crippen LogP contribution in [0.4, 0.5) is 11.6 Å². The quantitative estimate of drug-likeness (QED) is 0.792. The number of rotatable bonds is 4. The molecule has 0 amide bonds. The summed E-state index contributed by atoms with van der Waals surface area (Å²) in [4.78, 5) is 15.5. The normalized spacial score (nSPS) is 17.6. The summed E-state index contributed by atoms with van der Waals surface area (Å²) in [5, 5.41) is 8.76. The van der Waals surface area contributed by atoms with E-state index >= 15 is 0 Å². The molecule has 1 atom stereocenters. The first-order chi connectivity index (χ1) is 11.7. The molecule has 124 valence electrons. The lowest BCUT2D eigenvalue weighted by Gasteiger charge is -2.18. The number of nitrogens with zero attached hydrogens (tertiary/aromatic N) is 6. The van der Waals surface area contributed by atoms with Crippen LogP contribution in [0.1, 0.15) is 12.0 Å². The largest absolute Gasteiger partial charge is 0.370 e. The highest BCUT2D eigenvalue weighted by Gasteiger charge is 2.25. The molecule has 1 unspecified atom stereocenters. The Hall–Kier alpha value is -2.70. The zero-order valence-corrected chi connectivity index (χ0v) is 14.0. The van der Waals surface area contributed by atoms with Crippen LogP contribution in [0, 0.1) is 12.8 Å². The van der Waals surface area contributed by atoms with Crippen molar-refractivity contribution in [3.05, 3.63) is 36.4 Å². The smallest absolute Gasteiger partial charge is 0.163 e. The van der Waals surface area contributed by atoms with Crippen molar-refractivity contribution in [2.75, 3.05) is 29.9 Å². The molecule has 0 aromatic carbocycles. The van der Waals surface area contributed by atoms with Gasteiger partial charge in [0.25, 0.3) is 0 Å². The molecule has 0 bridgehead atoms. The van der Waals surface area contributed by atoms with E-state index in [0.29, 0.717) is 5.92 Å². The summed E-state index contributed by atoms with van der Waals surface area (Å²) in [5.41, 5.74) is 2.06. The van der Waals surface area contributed by atoms with Gasteiger partial charge >= 0.3 is 0 Å². The van der Waals surface area contributed by atoms with Crippen LogP contribution in [-0.4, -0.2) is 44.4 Å². The maximum absolute atomic E-state index is 4.49. The predicted molar refractivity (Wildman–Crippen MR) is 94.1 cm³/mol. The number of fused-ring (bicyclic) bond motifs is 1. The van der Waals surface area contributed by atoms with Gasteiger partial charge in [-0.1, -0.05) is 6.07 Å². The molecule has 7 heteroatoms. The van der Waals surface area contributed by atoms with Crippen LogP contribution in [0.15, 0.2) is 30.9 Å². The van der Waals surface area contributed by atoms with Gasteiger partial charge in [-0.05, 0) is 30.9 Å². The molecule has 4 rings (SSSR count). The molecule has 24 heavy (non-hydrogen) atoms. The number of anilines is 2. The standard InChI is InChI=1S/C17H21N7/c1-12-3-4-15(18-7-12)19-8-13-5-6-24(10-13)17-14-9-22-23(2)16(14)20-11-21-17/h3-4,7,9,11,13H,5-6,8,10H2,1-2H3,(H,18,19). The van der Waals surface area contributed by atoms with E-state index in [1.165, 1.54) is 5.56 Å². The lowest BCUT2D eigenvalue weighted by Crippen LogP contribution is -2.23. The van der Waals surface area contributed by atoms with Crippen molar-refractivity contribution < 1.29 is 0 Å². The van der Waals surface area contributed by atoms with Crippen LogP contribution in [0.5, 0.6) is 0 Å². The molecule has 0 saturated carbocycles. The van der Waals surface area contributed by atoms with Gasteiger partial charge in [-0.3, -0.25) is 4.68 Å². The molecule has 1 aliphatic rings. The van der Waals surface area contributed by atoms with E-state index in [4.69, 9.17) is 0 Å². The van der Waals surface area contributed by atoms with E-state index in [9.17, 15) is 0 Å². The van der Waals surface area contributed by atoms with Crippen LogP contribution in [0.3, 0.4) is 0 Å². The summed E-state index contributed by atoms with van der Waals surface area (Å²) in [5.74, 6) is 2.51. The third kappa shape index (κ3) is 2.77. The molecule has 1 saturated heterocycles. The predicted octanol–water partition coefficient (Wildman–Crippen LogP) is 2.01. The number of aryl methyl sites for hydroxylation is 2. The highest BCUT2D eigenvalue weighted by Crippen LogP contribution is 2.27. The number of hydrogen-bond donors (Lipinski definition) is 1. The molecule has 1 fully saturated rings. The van der Waals surface area contributed by atoms with Crippen molar-refractivity contribution in [1.82, 2.24) is 24.7 Å². The molecule has 0 spiro atoms. The number of hydrogen-bond acceptors (Lipinski definition) is 6. The zero-order valence-electron chi connectivity index (χ0n) is 14.0. The third-order valence-corrected chi connectivity index (χ3v) is 4.58. The Kier molecular flexibility index (Phi) is 3.76. The molecular formula is C17H21N7. The summed E-state index contributed by atoms with van der Waals surface area (Å²) in [6, 6.07) is 4.11. The van der Waals surface area contributed by atoms with Gasteiger partial charge in [-0.25, -0.2) is 15.0 Å². The highest BCUT2D eigenvalue weighted by atomic mass is 15.3. The van der Waals surface area contributed by atoms with Crippen LogP contribution >= 0.6 is 0 Å². The molecule has 0 radical (unpaired) electrons. The van der Waals surface area contributed by atoms with Gasteiger partial charge in [0.2, 0.25) is 0 Å². The second-order valence-electron chi connectivity index (χ2n) is 6.41.